The normalized spacial score (nSPS) is 10.6. The molecule has 0 amide bonds. The molecule has 1 aromatic rings. The van der Waals surface area contributed by atoms with Gasteiger partial charge in [-0.3, -0.25) is 4.98 Å². The summed E-state index contributed by atoms with van der Waals surface area (Å²) in [6, 6.07) is 3.70. The van der Waals surface area contributed by atoms with Crippen LogP contribution in [-0.2, 0) is 11.3 Å². The summed E-state index contributed by atoms with van der Waals surface area (Å²) in [5, 5.41) is 0. The van der Waals surface area contributed by atoms with E-state index in [0.717, 1.165) is 5.69 Å². The van der Waals surface area contributed by atoms with Gasteiger partial charge in [0.1, 0.15) is 0 Å². The molecule has 0 saturated heterocycles. The maximum absolute atomic E-state index is 5.48. The number of rotatable bonds is 3. The van der Waals surface area contributed by atoms with Gasteiger partial charge in [-0.1, -0.05) is 0 Å². The Kier molecular flexibility index (Phi) is 3.05. The molecule has 0 aromatic carbocycles. The first-order valence-electron chi connectivity index (χ1n) is 4.00. The summed E-state index contributed by atoms with van der Waals surface area (Å²) in [7, 11) is 0. The Morgan fingerprint density at radius 1 is 1.50 bits per heavy atom. The van der Waals surface area contributed by atoms with Crippen molar-refractivity contribution in [1.29, 1.82) is 0 Å². The van der Waals surface area contributed by atoms with E-state index in [2.05, 4.69) is 4.98 Å². The zero-order valence-electron chi connectivity index (χ0n) is 7.45. The smallest absolute Gasteiger partial charge is 0.0891 e. The lowest BCUT2D eigenvalue weighted by molar-refractivity contribution is 0.0636. The van der Waals surface area contributed by atoms with Gasteiger partial charge in [-0.25, -0.2) is 0 Å². The molecule has 0 atom stereocenters. The average Bonchev–Trinajstić information content (AvgIpc) is 2.03. The van der Waals surface area contributed by atoms with Gasteiger partial charge in [0.25, 0.3) is 0 Å². The lowest BCUT2D eigenvalue weighted by atomic mass is 10.3. The fourth-order valence-electron chi connectivity index (χ4n) is 0.773. The molecule has 0 aliphatic heterocycles. The summed E-state index contributed by atoms with van der Waals surface area (Å²) in [6.45, 7) is 4.55. The SMILES string of the molecule is CC(C)OCc1ccc(N)cn1. The van der Waals surface area contributed by atoms with E-state index in [1.54, 1.807) is 6.20 Å². The number of nitrogen functional groups attached to an aromatic ring is 1. The molecule has 0 spiro atoms. The van der Waals surface area contributed by atoms with Gasteiger partial charge in [-0.05, 0) is 26.0 Å². The largest absolute Gasteiger partial charge is 0.397 e. The predicted octanol–water partition coefficient (Wildman–Crippen LogP) is 1.59. The molecule has 1 rings (SSSR count). The summed E-state index contributed by atoms with van der Waals surface area (Å²) in [6.07, 6.45) is 1.88. The number of pyridine rings is 1. The van der Waals surface area contributed by atoms with Crippen LogP contribution < -0.4 is 5.73 Å². The van der Waals surface area contributed by atoms with Crippen molar-refractivity contribution in [3.63, 3.8) is 0 Å². The molecule has 2 N–H and O–H groups in total. The molecule has 0 aliphatic rings. The highest BCUT2D eigenvalue weighted by atomic mass is 16.5. The monoisotopic (exact) mass is 166 g/mol. The highest BCUT2D eigenvalue weighted by molar-refractivity contribution is 5.34. The van der Waals surface area contributed by atoms with Crippen LogP contribution in [0.4, 0.5) is 5.69 Å². The molecule has 0 fully saturated rings. The van der Waals surface area contributed by atoms with Crippen molar-refractivity contribution >= 4 is 5.69 Å². The van der Waals surface area contributed by atoms with Gasteiger partial charge in [0, 0.05) is 0 Å². The van der Waals surface area contributed by atoms with Gasteiger partial charge >= 0.3 is 0 Å². The van der Waals surface area contributed by atoms with Gasteiger partial charge in [0.2, 0.25) is 0 Å². The number of hydrogen-bond acceptors (Lipinski definition) is 3. The van der Waals surface area contributed by atoms with Crippen LogP contribution in [0.15, 0.2) is 18.3 Å². The van der Waals surface area contributed by atoms with E-state index in [4.69, 9.17) is 10.5 Å². The van der Waals surface area contributed by atoms with Gasteiger partial charge < -0.3 is 10.5 Å². The minimum absolute atomic E-state index is 0.240. The molecule has 0 saturated carbocycles. The lowest BCUT2D eigenvalue weighted by Gasteiger charge is -2.06. The molecule has 1 aromatic heterocycles. The third kappa shape index (κ3) is 2.88. The first-order chi connectivity index (χ1) is 5.68. The van der Waals surface area contributed by atoms with Crippen LogP contribution in [0.2, 0.25) is 0 Å². The van der Waals surface area contributed by atoms with Gasteiger partial charge in [-0.15, -0.1) is 0 Å². The third-order valence-electron chi connectivity index (χ3n) is 1.41. The number of nitrogens with two attached hydrogens (primary N) is 1. The maximum atomic E-state index is 5.48. The average molecular weight is 166 g/mol. The van der Waals surface area contributed by atoms with Crippen LogP contribution in [-0.4, -0.2) is 11.1 Å². The molecule has 0 radical (unpaired) electrons. The predicted molar refractivity (Wildman–Crippen MR) is 48.6 cm³/mol. The van der Waals surface area contributed by atoms with E-state index in [1.165, 1.54) is 0 Å². The Hall–Kier alpha value is -1.09. The highest BCUT2D eigenvalue weighted by Gasteiger charge is 1.96. The number of nitrogens with zero attached hydrogens (tertiary/aromatic N) is 1. The third-order valence-corrected chi connectivity index (χ3v) is 1.41. The summed E-state index contributed by atoms with van der Waals surface area (Å²) in [5.74, 6) is 0. The molecule has 12 heavy (non-hydrogen) atoms. The van der Waals surface area contributed by atoms with Crippen LogP contribution in [0, 0.1) is 0 Å². The topological polar surface area (TPSA) is 48.1 Å². The standard InChI is InChI=1S/C9H14N2O/c1-7(2)12-6-9-4-3-8(10)5-11-9/h3-5,7H,6,10H2,1-2H3. The van der Waals surface area contributed by atoms with E-state index in [0.29, 0.717) is 12.3 Å². The molecule has 3 heteroatoms. The van der Waals surface area contributed by atoms with Crippen molar-refractivity contribution in [2.75, 3.05) is 5.73 Å². The highest BCUT2D eigenvalue weighted by Crippen LogP contribution is 2.03. The van der Waals surface area contributed by atoms with E-state index >= 15 is 0 Å². The van der Waals surface area contributed by atoms with Gasteiger partial charge in [-0.2, -0.15) is 0 Å². The zero-order valence-corrected chi connectivity index (χ0v) is 7.45. The Morgan fingerprint density at radius 3 is 2.75 bits per heavy atom. The first kappa shape index (κ1) is 9.00. The molecule has 1 heterocycles. The first-order valence-corrected chi connectivity index (χ1v) is 4.00. The fourth-order valence-corrected chi connectivity index (χ4v) is 0.773. The maximum Gasteiger partial charge on any atom is 0.0891 e. The van der Waals surface area contributed by atoms with Crippen LogP contribution >= 0.6 is 0 Å². The second-order valence-corrected chi connectivity index (χ2v) is 2.94. The molecule has 0 aliphatic carbocycles. The van der Waals surface area contributed by atoms with Crippen molar-refractivity contribution < 1.29 is 4.74 Å². The number of aromatic nitrogens is 1. The zero-order chi connectivity index (χ0) is 8.97. The van der Waals surface area contributed by atoms with Crippen molar-refractivity contribution in [1.82, 2.24) is 4.98 Å². The minimum atomic E-state index is 0.240. The molecule has 0 bridgehead atoms. The molecule has 3 nitrogen and oxygen atoms in total. The molecule has 66 valence electrons. The fraction of sp³-hybridized carbons (Fsp3) is 0.444. The van der Waals surface area contributed by atoms with Gasteiger partial charge in [0.15, 0.2) is 0 Å². The Labute approximate surface area is 72.6 Å². The minimum Gasteiger partial charge on any atom is -0.397 e. The Morgan fingerprint density at radius 2 is 2.25 bits per heavy atom. The van der Waals surface area contributed by atoms with Crippen LogP contribution in [0.1, 0.15) is 19.5 Å². The van der Waals surface area contributed by atoms with Crippen molar-refractivity contribution in [3.8, 4) is 0 Å². The van der Waals surface area contributed by atoms with Crippen molar-refractivity contribution in [2.45, 2.75) is 26.6 Å². The van der Waals surface area contributed by atoms with E-state index in [1.807, 2.05) is 26.0 Å². The van der Waals surface area contributed by atoms with Crippen LogP contribution in [0.3, 0.4) is 0 Å². The van der Waals surface area contributed by atoms with Crippen molar-refractivity contribution in [2.24, 2.45) is 0 Å². The van der Waals surface area contributed by atoms with Gasteiger partial charge in [0.05, 0.1) is 30.3 Å². The van der Waals surface area contributed by atoms with Crippen LogP contribution in [0.25, 0.3) is 0 Å². The van der Waals surface area contributed by atoms with Crippen LogP contribution in [0.5, 0.6) is 0 Å². The summed E-state index contributed by atoms with van der Waals surface area (Å²) in [4.78, 5) is 4.10. The molecular formula is C9H14N2O. The number of hydrogen-bond donors (Lipinski definition) is 1. The van der Waals surface area contributed by atoms with E-state index < -0.39 is 0 Å². The number of anilines is 1. The quantitative estimate of drug-likeness (QED) is 0.741. The number of ether oxygens (including phenoxy) is 1. The molecule has 0 unspecified atom stereocenters. The Balaban J connectivity index is 2.48. The second kappa shape index (κ2) is 4.07. The van der Waals surface area contributed by atoms with E-state index in [9.17, 15) is 0 Å². The second-order valence-electron chi connectivity index (χ2n) is 2.94. The molecular weight excluding hydrogens is 152 g/mol. The van der Waals surface area contributed by atoms with E-state index in [-0.39, 0.29) is 6.10 Å². The summed E-state index contributed by atoms with van der Waals surface area (Å²) in [5.41, 5.74) is 7.08. The Bertz CT molecular complexity index is 231. The summed E-state index contributed by atoms with van der Waals surface area (Å²) >= 11 is 0. The van der Waals surface area contributed by atoms with Crippen molar-refractivity contribution in [3.05, 3.63) is 24.0 Å². The lowest BCUT2D eigenvalue weighted by Crippen LogP contribution is -2.03. The summed E-state index contributed by atoms with van der Waals surface area (Å²) < 4.78 is 5.36.